The molecule has 0 aliphatic rings. The van der Waals surface area contributed by atoms with E-state index in [9.17, 15) is 14.4 Å². The van der Waals surface area contributed by atoms with Gasteiger partial charge in [-0.3, -0.25) is 19.1 Å². The van der Waals surface area contributed by atoms with Gasteiger partial charge in [0, 0.05) is 17.1 Å². The number of halogens is 1. The van der Waals surface area contributed by atoms with E-state index in [1.54, 1.807) is 24.3 Å². The van der Waals surface area contributed by atoms with Crippen LogP contribution < -0.4 is 11.2 Å². The van der Waals surface area contributed by atoms with Gasteiger partial charge in [-0.1, -0.05) is 28.1 Å². The summed E-state index contributed by atoms with van der Waals surface area (Å²) in [7, 11) is 1.51. The predicted molar refractivity (Wildman–Crippen MR) is 84.1 cm³/mol. The van der Waals surface area contributed by atoms with Gasteiger partial charge < -0.3 is 4.57 Å². The van der Waals surface area contributed by atoms with Crippen molar-refractivity contribution < 1.29 is 4.79 Å². The van der Waals surface area contributed by atoms with Crippen LogP contribution >= 0.6 is 15.9 Å². The summed E-state index contributed by atoms with van der Waals surface area (Å²) in [4.78, 5) is 42.0. The van der Waals surface area contributed by atoms with E-state index in [-0.39, 0.29) is 23.5 Å². The minimum Gasteiger partial charge on any atom is -0.317 e. The van der Waals surface area contributed by atoms with Crippen LogP contribution in [-0.4, -0.2) is 24.9 Å². The van der Waals surface area contributed by atoms with Gasteiger partial charge in [0.15, 0.2) is 16.9 Å². The van der Waals surface area contributed by atoms with E-state index in [1.807, 2.05) is 0 Å². The number of H-pyrrole nitrogens is 1. The maximum absolute atomic E-state index is 12.3. The Morgan fingerprint density at radius 3 is 2.64 bits per heavy atom. The highest BCUT2D eigenvalue weighted by molar-refractivity contribution is 9.10. The topological polar surface area (TPSA) is 89.8 Å². The van der Waals surface area contributed by atoms with E-state index in [4.69, 9.17) is 0 Å². The van der Waals surface area contributed by atoms with E-state index in [0.29, 0.717) is 5.56 Å². The number of hydrogen-bond acceptors (Lipinski definition) is 4. The highest BCUT2D eigenvalue weighted by Crippen LogP contribution is 2.12. The number of aryl methyl sites for hydroxylation is 1. The van der Waals surface area contributed by atoms with Crippen molar-refractivity contribution in [1.29, 1.82) is 0 Å². The van der Waals surface area contributed by atoms with E-state index < -0.39 is 11.2 Å². The molecule has 0 saturated carbocycles. The lowest BCUT2D eigenvalue weighted by Crippen LogP contribution is -2.29. The van der Waals surface area contributed by atoms with Crippen LogP contribution in [0.5, 0.6) is 0 Å². The first-order chi connectivity index (χ1) is 10.5. The van der Waals surface area contributed by atoms with Crippen molar-refractivity contribution in [2.45, 2.75) is 6.54 Å². The van der Waals surface area contributed by atoms with Gasteiger partial charge in [0.2, 0.25) is 0 Å². The highest BCUT2D eigenvalue weighted by atomic mass is 79.9. The first-order valence-corrected chi connectivity index (χ1v) is 7.19. The van der Waals surface area contributed by atoms with Crippen molar-refractivity contribution in [3.05, 3.63) is 61.5 Å². The second-order valence-electron chi connectivity index (χ2n) is 4.79. The first kappa shape index (κ1) is 14.5. The van der Waals surface area contributed by atoms with Crippen LogP contribution in [0.15, 0.2) is 44.7 Å². The highest BCUT2D eigenvalue weighted by Gasteiger charge is 2.14. The van der Waals surface area contributed by atoms with Crippen LogP contribution in [0.3, 0.4) is 0 Å². The number of hydrogen-bond donors (Lipinski definition) is 1. The fourth-order valence-electron chi connectivity index (χ4n) is 2.19. The molecule has 0 spiro atoms. The van der Waals surface area contributed by atoms with Crippen LogP contribution in [0.25, 0.3) is 11.2 Å². The molecule has 0 saturated heterocycles. The zero-order valence-corrected chi connectivity index (χ0v) is 13.1. The van der Waals surface area contributed by atoms with Crippen LogP contribution in [0.4, 0.5) is 0 Å². The molecule has 3 rings (SSSR count). The lowest BCUT2D eigenvalue weighted by Gasteiger charge is -2.04. The standard InChI is InChI=1S/C14H11BrN4O3/c1-18-12-11(13(21)17-14(18)22)19(7-16-12)6-10(20)8-2-4-9(15)5-3-8/h2-5,7H,6H2,1H3,(H,17,21,22). The molecule has 7 nitrogen and oxygen atoms in total. The molecule has 22 heavy (non-hydrogen) atoms. The minimum atomic E-state index is -0.556. The van der Waals surface area contributed by atoms with Gasteiger partial charge in [0.1, 0.15) is 0 Å². The molecular formula is C14H11BrN4O3. The van der Waals surface area contributed by atoms with Crippen LogP contribution in [0.1, 0.15) is 10.4 Å². The number of aromatic amines is 1. The summed E-state index contributed by atoms with van der Waals surface area (Å²) < 4.78 is 3.55. The van der Waals surface area contributed by atoms with E-state index in [0.717, 1.165) is 4.47 Å². The number of carbonyl (C=O) groups excluding carboxylic acids is 1. The Morgan fingerprint density at radius 2 is 1.95 bits per heavy atom. The Hall–Kier alpha value is -2.48. The molecule has 0 unspecified atom stereocenters. The van der Waals surface area contributed by atoms with Gasteiger partial charge in [-0.2, -0.15) is 0 Å². The largest absolute Gasteiger partial charge is 0.329 e. The Kier molecular flexibility index (Phi) is 3.53. The molecule has 1 N–H and O–H groups in total. The summed E-state index contributed by atoms with van der Waals surface area (Å²) in [5.74, 6) is -0.153. The van der Waals surface area contributed by atoms with Crippen LogP contribution in [0, 0.1) is 0 Å². The average molecular weight is 363 g/mol. The molecule has 0 amide bonds. The summed E-state index contributed by atoms with van der Waals surface area (Å²) in [6, 6.07) is 6.95. The number of aromatic nitrogens is 4. The molecule has 0 radical (unpaired) electrons. The summed E-state index contributed by atoms with van der Waals surface area (Å²) >= 11 is 3.31. The van der Waals surface area contributed by atoms with Crippen molar-refractivity contribution in [1.82, 2.24) is 19.1 Å². The lowest BCUT2D eigenvalue weighted by atomic mass is 10.1. The molecule has 0 atom stereocenters. The molecule has 0 aliphatic carbocycles. The van der Waals surface area contributed by atoms with Gasteiger partial charge in [-0.15, -0.1) is 0 Å². The predicted octanol–water partition coefficient (Wildman–Crippen LogP) is 1.07. The van der Waals surface area contributed by atoms with Crippen molar-refractivity contribution in [2.24, 2.45) is 7.05 Å². The normalized spacial score (nSPS) is 11.0. The van der Waals surface area contributed by atoms with Crippen molar-refractivity contribution in [3.8, 4) is 0 Å². The Labute approximate surface area is 132 Å². The number of imidazole rings is 1. The third-order valence-corrected chi connectivity index (χ3v) is 3.89. The summed E-state index contributed by atoms with van der Waals surface area (Å²) in [5.41, 5.74) is -0.114. The third-order valence-electron chi connectivity index (χ3n) is 3.36. The number of nitrogens with zero attached hydrogens (tertiary/aromatic N) is 3. The fraction of sp³-hybridized carbons (Fsp3) is 0.143. The number of rotatable bonds is 3. The SMILES string of the molecule is Cn1c(=O)[nH]c(=O)c2c1ncn2CC(=O)c1ccc(Br)cc1. The molecular weight excluding hydrogens is 352 g/mol. The van der Waals surface area contributed by atoms with Crippen molar-refractivity contribution in [2.75, 3.05) is 0 Å². The Balaban J connectivity index is 2.03. The van der Waals surface area contributed by atoms with Crippen LogP contribution in [0.2, 0.25) is 0 Å². The molecule has 112 valence electrons. The quantitative estimate of drug-likeness (QED) is 0.705. The first-order valence-electron chi connectivity index (χ1n) is 6.40. The average Bonchev–Trinajstić information content (AvgIpc) is 2.90. The van der Waals surface area contributed by atoms with Crippen molar-refractivity contribution in [3.63, 3.8) is 0 Å². The molecule has 2 heterocycles. The molecule has 0 aliphatic heterocycles. The summed E-state index contributed by atoms with van der Waals surface area (Å²) in [6.07, 6.45) is 1.39. The molecule has 2 aromatic heterocycles. The number of carbonyl (C=O) groups is 1. The monoisotopic (exact) mass is 362 g/mol. The fourth-order valence-corrected chi connectivity index (χ4v) is 2.45. The van der Waals surface area contributed by atoms with Gasteiger partial charge in [0.25, 0.3) is 5.56 Å². The number of nitrogens with one attached hydrogen (secondary N) is 1. The van der Waals surface area contributed by atoms with E-state index >= 15 is 0 Å². The molecule has 0 fully saturated rings. The van der Waals surface area contributed by atoms with Crippen molar-refractivity contribution >= 4 is 32.9 Å². The summed E-state index contributed by atoms with van der Waals surface area (Å²) in [6.45, 7) is -0.0284. The van der Waals surface area contributed by atoms with Gasteiger partial charge in [-0.05, 0) is 12.1 Å². The number of fused-ring (bicyclic) bond motifs is 1. The zero-order valence-electron chi connectivity index (χ0n) is 11.5. The lowest BCUT2D eigenvalue weighted by molar-refractivity contribution is 0.0973. The van der Waals surface area contributed by atoms with Crippen LogP contribution in [-0.2, 0) is 13.6 Å². The smallest absolute Gasteiger partial charge is 0.317 e. The Morgan fingerprint density at radius 1 is 1.27 bits per heavy atom. The maximum Gasteiger partial charge on any atom is 0.329 e. The van der Waals surface area contributed by atoms with Gasteiger partial charge in [0.05, 0.1) is 12.9 Å². The number of ketones is 1. The zero-order chi connectivity index (χ0) is 15.9. The third kappa shape index (κ3) is 2.41. The Bertz CT molecular complexity index is 982. The minimum absolute atomic E-state index is 0.0284. The van der Waals surface area contributed by atoms with E-state index in [2.05, 4.69) is 25.9 Å². The maximum atomic E-state index is 12.3. The molecule has 8 heteroatoms. The molecule has 1 aromatic carbocycles. The second kappa shape index (κ2) is 5.38. The van der Waals surface area contributed by atoms with Gasteiger partial charge in [-0.25, -0.2) is 9.78 Å². The summed E-state index contributed by atoms with van der Waals surface area (Å²) in [5, 5.41) is 0. The second-order valence-corrected chi connectivity index (χ2v) is 5.71. The number of benzene rings is 1. The number of Topliss-reactive ketones (excluding diaryl/α,β-unsaturated/α-hetero) is 1. The van der Waals surface area contributed by atoms with Gasteiger partial charge >= 0.3 is 5.69 Å². The van der Waals surface area contributed by atoms with E-state index in [1.165, 1.54) is 22.5 Å². The molecule has 3 aromatic rings. The molecule has 0 bridgehead atoms.